The van der Waals surface area contributed by atoms with Crippen LogP contribution in [0.2, 0.25) is 0 Å². The van der Waals surface area contributed by atoms with Crippen LogP contribution in [-0.4, -0.2) is 59.6 Å². The molecule has 1 fully saturated rings. The fraction of sp³-hybridized carbons (Fsp3) is 0.312. The Balaban J connectivity index is 2.05. The Labute approximate surface area is 144 Å². The Bertz CT molecular complexity index is 746. The predicted octanol–water partition coefficient (Wildman–Crippen LogP) is 0.185. The number of imide groups is 2. The van der Waals surface area contributed by atoms with Crippen LogP contribution in [0.4, 0.5) is 10.5 Å². The van der Waals surface area contributed by atoms with Gasteiger partial charge in [-0.1, -0.05) is 13.0 Å². The molecule has 1 aromatic rings. The van der Waals surface area contributed by atoms with Crippen LogP contribution in [-0.2, 0) is 14.4 Å². The van der Waals surface area contributed by atoms with Crippen molar-refractivity contribution in [2.24, 2.45) is 0 Å². The molecular weight excluding hydrogens is 328 g/mol. The number of urea groups is 1. The van der Waals surface area contributed by atoms with E-state index in [-0.39, 0.29) is 12.5 Å². The predicted molar refractivity (Wildman–Crippen MR) is 87.6 cm³/mol. The Morgan fingerprint density at radius 2 is 1.76 bits per heavy atom. The smallest absolute Gasteiger partial charge is 0.334 e. The second-order valence-corrected chi connectivity index (χ2v) is 5.34. The molecule has 0 atom stereocenters. The van der Waals surface area contributed by atoms with Crippen LogP contribution >= 0.6 is 0 Å². The number of carbonyl (C=O) groups excluding carboxylic acids is 5. The number of hydrogen-bond donors (Lipinski definition) is 2. The molecule has 0 aliphatic carbocycles. The van der Waals surface area contributed by atoms with E-state index in [1.165, 1.54) is 13.1 Å². The zero-order valence-corrected chi connectivity index (χ0v) is 13.9. The number of carbonyl (C=O) groups is 5. The van der Waals surface area contributed by atoms with Crippen LogP contribution in [0.5, 0.6) is 0 Å². The molecule has 0 radical (unpaired) electrons. The maximum Gasteiger partial charge on any atom is 0.334 e. The molecule has 0 unspecified atom stereocenters. The molecule has 1 aliphatic heterocycles. The molecule has 1 heterocycles. The highest BCUT2D eigenvalue weighted by molar-refractivity contribution is 6.45. The van der Waals surface area contributed by atoms with E-state index in [1.54, 1.807) is 25.1 Å². The third kappa shape index (κ3) is 3.82. The lowest BCUT2D eigenvalue weighted by molar-refractivity contribution is -0.143. The van der Waals surface area contributed by atoms with E-state index in [9.17, 15) is 24.0 Å². The maximum absolute atomic E-state index is 12.1. The summed E-state index contributed by atoms with van der Waals surface area (Å²) in [6.45, 7) is 1.31. The number of anilines is 1. The number of rotatable bonds is 6. The second kappa shape index (κ2) is 7.56. The molecule has 6 amide bonds. The van der Waals surface area contributed by atoms with Gasteiger partial charge in [-0.2, -0.15) is 0 Å². The largest absolute Gasteiger partial charge is 0.355 e. The average molecular weight is 346 g/mol. The highest BCUT2D eigenvalue weighted by atomic mass is 16.2. The molecule has 0 saturated carbocycles. The van der Waals surface area contributed by atoms with E-state index < -0.39 is 30.3 Å². The van der Waals surface area contributed by atoms with Crippen LogP contribution in [0.15, 0.2) is 24.3 Å². The minimum atomic E-state index is -1.02. The van der Waals surface area contributed by atoms with Gasteiger partial charge in [0.15, 0.2) is 0 Å². The molecule has 2 rings (SSSR count). The Kier molecular flexibility index (Phi) is 5.48. The minimum absolute atomic E-state index is 0.121. The van der Waals surface area contributed by atoms with E-state index >= 15 is 0 Å². The molecule has 132 valence electrons. The molecule has 0 spiro atoms. The first kappa shape index (κ1) is 18.1. The van der Waals surface area contributed by atoms with Crippen LogP contribution in [0.3, 0.4) is 0 Å². The lowest BCUT2D eigenvalue weighted by Crippen LogP contribution is -2.39. The lowest BCUT2D eigenvalue weighted by Gasteiger charge is -2.14. The van der Waals surface area contributed by atoms with Gasteiger partial charge in [0.2, 0.25) is 5.91 Å². The van der Waals surface area contributed by atoms with Crippen LogP contribution < -0.4 is 10.6 Å². The first-order chi connectivity index (χ1) is 11.9. The van der Waals surface area contributed by atoms with E-state index in [2.05, 4.69) is 10.6 Å². The molecule has 25 heavy (non-hydrogen) atoms. The zero-order valence-electron chi connectivity index (χ0n) is 13.9. The van der Waals surface area contributed by atoms with Crippen molar-refractivity contribution in [3.05, 3.63) is 29.8 Å². The topological polar surface area (TPSA) is 116 Å². The minimum Gasteiger partial charge on any atom is -0.355 e. The Hall–Kier alpha value is -3.23. The van der Waals surface area contributed by atoms with E-state index in [4.69, 9.17) is 0 Å². The normalized spacial score (nSPS) is 14.1. The third-order valence-electron chi connectivity index (χ3n) is 3.52. The summed E-state index contributed by atoms with van der Waals surface area (Å²) in [6.07, 6.45) is 0.511. The number of amides is 6. The van der Waals surface area contributed by atoms with Crippen LogP contribution in [0.25, 0.3) is 0 Å². The van der Waals surface area contributed by atoms with Gasteiger partial charge in [-0.05, 0) is 24.6 Å². The van der Waals surface area contributed by atoms with Gasteiger partial charge in [0.05, 0.1) is 0 Å². The van der Waals surface area contributed by atoms with Crippen molar-refractivity contribution in [2.75, 3.05) is 25.5 Å². The van der Waals surface area contributed by atoms with Crippen molar-refractivity contribution < 1.29 is 24.0 Å². The summed E-state index contributed by atoms with van der Waals surface area (Å²) >= 11 is 0. The molecule has 9 heteroatoms. The Morgan fingerprint density at radius 1 is 1.08 bits per heavy atom. The van der Waals surface area contributed by atoms with Gasteiger partial charge in [0, 0.05) is 24.8 Å². The van der Waals surface area contributed by atoms with Crippen molar-refractivity contribution in [3.8, 4) is 0 Å². The third-order valence-corrected chi connectivity index (χ3v) is 3.52. The molecule has 0 aromatic heterocycles. The first-order valence-corrected chi connectivity index (χ1v) is 7.68. The summed E-state index contributed by atoms with van der Waals surface area (Å²) in [5.74, 6) is -2.92. The summed E-state index contributed by atoms with van der Waals surface area (Å²) < 4.78 is 0. The van der Waals surface area contributed by atoms with Gasteiger partial charge in [0.25, 0.3) is 5.91 Å². The quantitative estimate of drug-likeness (QED) is 0.563. The fourth-order valence-corrected chi connectivity index (χ4v) is 2.34. The number of nitrogens with one attached hydrogen (secondary N) is 2. The van der Waals surface area contributed by atoms with Gasteiger partial charge in [0.1, 0.15) is 6.54 Å². The number of nitrogens with zero attached hydrogens (tertiary/aromatic N) is 2. The summed E-state index contributed by atoms with van der Waals surface area (Å²) in [5, 5.41) is 4.96. The maximum atomic E-state index is 12.1. The molecular formula is C16H18N4O5. The van der Waals surface area contributed by atoms with Gasteiger partial charge in [-0.3, -0.25) is 24.1 Å². The van der Waals surface area contributed by atoms with Gasteiger partial charge in [-0.15, -0.1) is 0 Å². The van der Waals surface area contributed by atoms with Crippen molar-refractivity contribution in [1.29, 1.82) is 0 Å². The lowest BCUT2D eigenvalue weighted by atomic mass is 10.2. The summed E-state index contributed by atoms with van der Waals surface area (Å²) in [5.41, 5.74) is 0.680. The molecule has 9 nitrogen and oxygen atoms in total. The van der Waals surface area contributed by atoms with Gasteiger partial charge < -0.3 is 10.6 Å². The van der Waals surface area contributed by atoms with E-state index in [0.717, 1.165) is 4.90 Å². The monoisotopic (exact) mass is 346 g/mol. The summed E-state index contributed by atoms with van der Waals surface area (Å²) in [6, 6.07) is 5.37. The number of hydrogen-bond acceptors (Lipinski definition) is 5. The molecule has 1 aliphatic rings. The second-order valence-electron chi connectivity index (χ2n) is 5.34. The first-order valence-electron chi connectivity index (χ1n) is 7.68. The van der Waals surface area contributed by atoms with Crippen molar-refractivity contribution in [3.63, 3.8) is 0 Å². The van der Waals surface area contributed by atoms with E-state index in [1.807, 2.05) is 0 Å². The highest BCUT2D eigenvalue weighted by Gasteiger charge is 2.44. The van der Waals surface area contributed by atoms with Crippen molar-refractivity contribution in [1.82, 2.24) is 15.1 Å². The Morgan fingerprint density at radius 3 is 2.40 bits per heavy atom. The van der Waals surface area contributed by atoms with E-state index in [0.29, 0.717) is 22.6 Å². The molecule has 1 saturated heterocycles. The molecule has 0 bridgehead atoms. The summed E-state index contributed by atoms with van der Waals surface area (Å²) in [4.78, 5) is 60.8. The average Bonchev–Trinajstić information content (AvgIpc) is 2.79. The van der Waals surface area contributed by atoms with Crippen molar-refractivity contribution in [2.45, 2.75) is 13.3 Å². The van der Waals surface area contributed by atoms with Gasteiger partial charge >= 0.3 is 17.8 Å². The highest BCUT2D eigenvalue weighted by Crippen LogP contribution is 2.14. The van der Waals surface area contributed by atoms with Crippen LogP contribution in [0.1, 0.15) is 23.7 Å². The SMILES string of the molecule is CCCN1C(=O)C(=O)N(CC(=O)Nc2cccc(C(=O)NC)c2)C1=O. The van der Waals surface area contributed by atoms with Crippen molar-refractivity contribution >= 4 is 35.3 Å². The standard InChI is InChI=1S/C16H18N4O5/c1-3-7-19-14(23)15(24)20(16(19)25)9-12(21)18-11-6-4-5-10(8-11)13(22)17-2/h4-6,8H,3,7,9H2,1-2H3,(H,17,22)(H,18,21). The molecule has 1 aromatic carbocycles. The zero-order chi connectivity index (χ0) is 18.6. The van der Waals surface area contributed by atoms with Gasteiger partial charge in [-0.25, -0.2) is 9.69 Å². The van der Waals surface area contributed by atoms with Crippen LogP contribution in [0, 0.1) is 0 Å². The fourth-order valence-electron chi connectivity index (χ4n) is 2.34. The summed E-state index contributed by atoms with van der Waals surface area (Å²) in [7, 11) is 1.48. The molecule has 2 N–H and O–H groups in total. The number of benzene rings is 1.